The maximum absolute atomic E-state index is 5.82. The van der Waals surface area contributed by atoms with Crippen LogP contribution < -0.4 is 0 Å². The van der Waals surface area contributed by atoms with E-state index in [1.165, 1.54) is 5.56 Å². The van der Waals surface area contributed by atoms with Crippen molar-refractivity contribution in [2.24, 2.45) is 0 Å². The van der Waals surface area contributed by atoms with E-state index in [1.807, 2.05) is 0 Å². The van der Waals surface area contributed by atoms with Gasteiger partial charge in [0.2, 0.25) is 0 Å². The van der Waals surface area contributed by atoms with Crippen LogP contribution in [0.1, 0.15) is 25.3 Å². The van der Waals surface area contributed by atoms with E-state index in [-0.39, 0.29) is 0 Å². The highest BCUT2D eigenvalue weighted by Crippen LogP contribution is 2.36. The molecule has 0 heterocycles. The molecule has 1 rings (SSSR count). The minimum absolute atomic E-state index is 0.599. The molecule has 0 aromatic heterocycles. The van der Waals surface area contributed by atoms with E-state index in [0.717, 1.165) is 10.5 Å². The summed E-state index contributed by atoms with van der Waals surface area (Å²) >= 11 is 0. The molecule has 0 radical (unpaired) electrons. The van der Waals surface area contributed by atoms with Crippen LogP contribution in [0.2, 0.25) is 18.6 Å². The minimum Gasteiger partial charge on any atom is -0.463 e. The average molecular weight is 238 g/mol. The summed E-state index contributed by atoms with van der Waals surface area (Å²) < 4.78 is 5.82. The Labute approximate surface area is 97.5 Å². The second-order valence-electron chi connectivity index (χ2n) is 4.80. The molecule has 0 fully saturated rings. The van der Waals surface area contributed by atoms with E-state index in [1.54, 1.807) is 0 Å². The van der Waals surface area contributed by atoms with Crippen LogP contribution in [-0.2, 0) is 4.12 Å². The van der Waals surface area contributed by atoms with Gasteiger partial charge in [-0.25, -0.2) is 0 Å². The lowest BCUT2D eigenvalue weighted by Crippen LogP contribution is -2.36. The number of rotatable bonds is 4. The molecule has 0 aliphatic carbocycles. The summed E-state index contributed by atoms with van der Waals surface area (Å²) in [6.07, 6.45) is 0. The van der Waals surface area contributed by atoms with Crippen molar-refractivity contribution in [2.75, 3.05) is 0 Å². The largest absolute Gasteiger partial charge is 0.463 e. The van der Waals surface area contributed by atoms with Crippen LogP contribution in [0.3, 0.4) is 0 Å². The van der Waals surface area contributed by atoms with Crippen molar-refractivity contribution < 1.29 is 4.12 Å². The summed E-state index contributed by atoms with van der Waals surface area (Å²) in [6.45, 7) is 9.30. The number of hydrogen-bond acceptors (Lipinski definition) is 1. The average Bonchev–Trinajstić information content (AvgIpc) is 2.28. The molecular formula is C12H22OSi2. The maximum Gasteiger partial charge on any atom is 0.176 e. The van der Waals surface area contributed by atoms with Gasteiger partial charge in [0.15, 0.2) is 8.32 Å². The Bertz CT molecular complexity index is 298. The van der Waals surface area contributed by atoms with Crippen molar-refractivity contribution in [3.63, 3.8) is 0 Å². The Morgan fingerprint density at radius 1 is 1.13 bits per heavy atom. The van der Waals surface area contributed by atoms with Gasteiger partial charge in [-0.2, -0.15) is 0 Å². The Balaban J connectivity index is 2.82. The highest BCUT2D eigenvalue weighted by molar-refractivity contribution is 6.75. The molecule has 0 saturated heterocycles. The highest BCUT2D eigenvalue weighted by Gasteiger charge is 2.32. The van der Waals surface area contributed by atoms with Gasteiger partial charge < -0.3 is 4.12 Å². The minimum atomic E-state index is -1.46. The zero-order valence-corrected chi connectivity index (χ0v) is 13.4. The summed E-state index contributed by atoms with van der Waals surface area (Å²) in [5.41, 5.74) is 2.10. The molecule has 3 heteroatoms. The Kier molecular flexibility index (Phi) is 4.31. The smallest absolute Gasteiger partial charge is 0.176 e. The van der Waals surface area contributed by atoms with Crippen LogP contribution >= 0.6 is 0 Å². The van der Waals surface area contributed by atoms with Crippen molar-refractivity contribution in [1.82, 2.24) is 0 Å². The maximum atomic E-state index is 5.82. The fourth-order valence-corrected chi connectivity index (χ4v) is 4.72. The molecule has 0 saturated carbocycles. The molecule has 0 spiro atoms. The zero-order valence-electron chi connectivity index (χ0n) is 10.4. The molecule has 1 nitrogen and oxygen atoms in total. The monoisotopic (exact) mass is 238 g/mol. The van der Waals surface area contributed by atoms with Gasteiger partial charge in [0, 0.05) is 0 Å². The molecule has 0 amide bonds. The fraction of sp³-hybridized carbons (Fsp3) is 0.500. The summed E-state index contributed by atoms with van der Waals surface area (Å²) in [4.78, 5) is 0. The van der Waals surface area contributed by atoms with Crippen molar-refractivity contribution >= 4 is 18.8 Å². The third-order valence-corrected chi connectivity index (χ3v) is 10.6. The Morgan fingerprint density at radius 2 is 1.67 bits per heavy atom. The standard InChI is InChI=1S/C12H22OSi2/c1-10(11(2)15(3,4)13-14)12-8-6-5-7-9-12/h5-11H,1-4,14H3. The predicted molar refractivity (Wildman–Crippen MR) is 72.8 cm³/mol. The van der Waals surface area contributed by atoms with Crippen LogP contribution in [0.15, 0.2) is 30.3 Å². The van der Waals surface area contributed by atoms with Crippen molar-refractivity contribution in [3.05, 3.63) is 35.9 Å². The topological polar surface area (TPSA) is 9.23 Å². The third-order valence-electron chi connectivity index (χ3n) is 3.70. The summed E-state index contributed by atoms with van der Waals surface area (Å²) in [5, 5.41) is 0. The molecule has 0 aliphatic heterocycles. The molecule has 2 atom stereocenters. The van der Waals surface area contributed by atoms with E-state index in [0.29, 0.717) is 11.5 Å². The summed E-state index contributed by atoms with van der Waals surface area (Å²) in [7, 11) is -0.600. The molecule has 15 heavy (non-hydrogen) atoms. The molecule has 2 unspecified atom stereocenters. The summed E-state index contributed by atoms with van der Waals surface area (Å²) in [6, 6.07) is 10.8. The first-order chi connectivity index (χ1) is 6.99. The molecule has 0 bridgehead atoms. The molecule has 1 aromatic carbocycles. The molecule has 0 N–H and O–H groups in total. The second-order valence-corrected chi connectivity index (χ2v) is 10.5. The SMILES string of the molecule is CC(c1ccccc1)C(C)[Si](C)(C)O[SiH3]. The number of hydrogen-bond donors (Lipinski definition) is 0. The molecular weight excluding hydrogens is 216 g/mol. The molecule has 1 aromatic rings. The van der Waals surface area contributed by atoms with E-state index in [2.05, 4.69) is 57.3 Å². The van der Waals surface area contributed by atoms with Gasteiger partial charge in [0.05, 0.1) is 0 Å². The van der Waals surface area contributed by atoms with Gasteiger partial charge in [0.1, 0.15) is 10.5 Å². The fourth-order valence-electron chi connectivity index (χ4n) is 1.83. The van der Waals surface area contributed by atoms with Crippen LogP contribution in [0.25, 0.3) is 0 Å². The normalized spacial score (nSPS) is 16.3. The van der Waals surface area contributed by atoms with E-state index >= 15 is 0 Å². The lowest BCUT2D eigenvalue weighted by Gasteiger charge is -2.33. The lowest BCUT2D eigenvalue weighted by atomic mass is 9.98. The van der Waals surface area contributed by atoms with Crippen LogP contribution in [-0.4, -0.2) is 18.8 Å². The van der Waals surface area contributed by atoms with Gasteiger partial charge in [-0.05, 0) is 30.1 Å². The lowest BCUT2D eigenvalue weighted by molar-refractivity contribution is 0.550. The van der Waals surface area contributed by atoms with Crippen LogP contribution in [0.4, 0.5) is 0 Å². The summed E-state index contributed by atoms with van der Waals surface area (Å²) in [5.74, 6) is 0.599. The van der Waals surface area contributed by atoms with Crippen molar-refractivity contribution in [1.29, 1.82) is 0 Å². The Morgan fingerprint density at radius 3 is 2.13 bits per heavy atom. The predicted octanol–water partition coefficient (Wildman–Crippen LogP) is 2.68. The van der Waals surface area contributed by atoms with E-state index < -0.39 is 8.32 Å². The highest BCUT2D eigenvalue weighted by atomic mass is 28.4. The first-order valence-electron chi connectivity index (χ1n) is 5.59. The van der Waals surface area contributed by atoms with Gasteiger partial charge >= 0.3 is 0 Å². The Hall–Kier alpha value is -0.386. The third kappa shape index (κ3) is 3.03. The van der Waals surface area contributed by atoms with Crippen molar-refractivity contribution in [3.8, 4) is 0 Å². The van der Waals surface area contributed by atoms with Gasteiger partial charge in [-0.3, -0.25) is 0 Å². The number of benzene rings is 1. The van der Waals surface area contributed by atoms with Gasteiger partial charge in [-0.1, -0.05) is 44.2 Å². The van der Waals surface area contributed by atoms with E-state index in [9.17, 15) is 0 Å². The van der Waals surface area contributed by atoms with E-state index in [4.69, 9.17) is 4.12 Å². The first kappa shape index (κ1) is 12.7. The second kappa shape index (κ2) is 5.10. The molecule has 84 valence electrons. The van der Waals surface area contributed by atoms with Crippen molar-refractivity contribution in [2.45, 2.75) is 38.4 Å². The molecule has 0 aliphatic rings. The van der Waals surface area contributed by atoms with Crippen LogP contribution in [0, 0.1) is 0 Å². The van der Waals surface area contributed by atoms with Gasteiger partial charge in [-0.15, -0.1) is 0 Å². The first-order valence-corrected chi connectivity index (χ1v) is 9.39. The van der Waals surface area contributed by atoms with Crippen LogP contribution in [0.5, 0.6) is 0 Å². The van der Waals surface area contributed by atoms with Gasteiger partial charge in [0.25, 0.3) is 0 Å². The quantitative estimate of drug-likeness (QED) is 0.733. The zero-order chi connectivity index (χ0) is 11.5.